The topological polar surface area (TPSA) is 47.6 Å². The molecular weight excluding hydrogens is 310 g/mol. The number of methoxy groups -OCH3 is 1. The van der Waals surface area contributed by atoms with Gasteiger partial charge in [-0.25, -0.2) is 4.79 Å². The summed E-state index contributed by atoms with van der Waals surface area (Å²) in [7, 11) is 1.34. The van der Waals surface area contributed by atoms with Crippen LogP contribution >= 0.6 is 15.9 Å². The first kappa shape index (κ1) is 16.0. The molecule has 0 saturated carbocycles. The molecule has 0 amide bonds. The molecule has 0 bridgehead atoms. The van der Waals surface area contributed by atoms with Crippen molar-refractivity contribution in [2.75, 3.05) is 13.7 Å². The Bertz CT molecular complexity index is 441. The Balaban J connectivity index is 2.76. The molecule has 19 heavy (non-hydrogen) atoms. The van der Waals surface area contributed by atoms with Crippen molar-refractivity contribution in [2.45, 2.75) is 32.9 Å². The van der Waals surface area contributed by atoms with Crippen LogP contribution in [0.4, 0.5) is 0 Å². The van der Waals surface area contributed by atoms with E-state index in [0.717, 1.165) is 10.0 Å². The van der Waals surface area contributed by atoms with Crippen molar-refractivity contribution >= 4 is 21.9 Å². The molecule has 0 heterocycles. The van der Waals surface area contributed by atoms with Crippen LogP contribution in [0.1, 0.15) is 26.3 Å². The van der Waals surface area contributed by atoms with E-state index in [-0.39, 0.29) is 12.1 Å². The van der Waals surface area contributed by atoms with Crippen molar-refractivity contribution in [3.8, 4) is 5.75 Å². The first-order chi connectivity index (χ1) is 8.81. The van der Waals surface area contributed by atoms with Gasteiger partial charge in [-0.15, -0.1) is 0 Å². The molecule has 5 heteroatoms. The molecule has 0 saturated heterocycles. The number of carbonyl (C=O) groups excluding carboxylic acids is 1. The summed E-state index contributed by atoms with van der Waals surface area (Å²) in [5.41, 5.74) is 1.01. The van der Waals surface area contributed by atoms with Crippen LogP contribution in [0, 0.1) is 0 Å². The van der Waals surface area contributed by atoms with Crippen LogP contribution in [0.25, 0.3) is 0 Å². The van der Waals surface area contributed by atoms with Gasteiger partial charge in [0.1, 0.15) is 5.75 Å². The second kappa shape index (κ2) is 6.91. The minimum atomic E-state index is -0.391. The van der Waals surface area contributed by atoms with Crippen molar-refractivity contribution in [3.05, 3.63) is 28.2 Å². The van der Waals surface area contributed by atoms with E-state index in [0.29, 0.717) is 12.3 Å². The van der Waals surface area contributed by atoms with Crippen LogP contribution in [0.2, 0.25) is 0 Å². The number of ether oxygens (including phenoxy) is 2. The van der Waals surface area contributed by atoms with Gasteiger partial charge in [-0.05, 0) is 39.0 Å². The van der Waals surface area contributed by atoms with Gasteiger partial charge in [-0.1, -0.05) is 15.9 Å². The maximum absolute atomic E-state index is 11.1. The van der Waals surface area contributed by atoms with Crippen LogP contribution in [0.5, 0.6) is 5.75 Å². The van der Waals surface area contributed by atoms with E-state index in [1.54, 1.807) is 0 Å². The molecular formula is C14H20BrNO3. The monoisotopic (exact) mass is 329 g/mol. The molecule has 4 nitrogen and oxygen atoms in total. The summed E-state index contributed by atoms with van der Waals surface area (Å²) < 4.78 is 11.0. The van der Waals surface area contributed by atoms with E-state index in [1.165, 1.54) is 7.11 Å². The molecule has 0 radical (unpaired) electrons. The van der Waals surface area contributed by atoms with Crippen molar-refractivity contribution in [1.82, 2.24) is 5.32 Å². The van der Waals surface area contributed by atoms with E-state index in [2.05, 4.69) is 46.8 Å². The van der Waals surface area contributed by atoms with Gasteiger partial charge in [0.15, 0.2) is 6.61 Å². The van der Waals surface area contributed by atoms with E-state index in [4.69, 9.17) is 4.74 Å². The summed E-state index contributed by atoms with van der Waals surface area (Å²) in [6.07, 6.45) is 0. The number of hydrogen-bond acceptors (Lipinski definition) is 4. The maximum atomic E-state index is 11.1. The molecule has 0 spiro atoms. The fraction of sp³-hybridized carbons (Fsp3) is 0.500. The zero-order valence-electron chi connectivity index (χ0n) is 11.7. The summed E-state index contributed by atoms with van der Waals surface area (Å²) in [6, 6.07) is 5.70. The molecule has 1 aromatic carbocycles. The smallest absolute Gasteiger partial charge is 0.343 e. The molecule has 1 aromatic rings. The highest BCUT2D eigenvalue weighted by Gasteiger charge is 2.12. The van der Waals surface area contributed by atoms with Gasteiger partial charge in [-0.2, -0.15) is 0 Å². The molecule has 1 rings (SSSR count). The first-order valence-corrected chi connectivity index (χ1v) is 6.84. The van der Waals surface area contributed by atoms with Crippen LogP contribution in [0.15, 0.2) is 22.7 Å². The number of rotatable bonds is 5. The third-order valence-electron chi connectivity index (χ3n) is 2.40. The van der Waals surface area contributed by atoms with E-state index in [9.17, 15) is 4.79 Å². The highest BCUT2D eigenvalue weighted by molar-refractivity contribution is 9.10. The summed E-state index contributed by atoms with van der Waals surface area (Å²) >= 11 is 3.44. The second-order valence-electron chi connectivity index (χ2n) is 5.22. The van der Waals surface area contributed by atoms with Crippen molar-refractivity contribution in [3.63, 3.8) is 0 Å². The van der Waals surface area contributed by atoms with Crippen molar-refractivity contribution in [1.29, 1.82) is 0 Å². The lowest BCUT2D eigenvalue weighted by molar-refractivity contribution is -0.142. The molecule has 0 aliphatic carbocycles. The van der Waals surface area contributed by atoms with Gasteiger partial charge >= 0.3 is 5.97 Å². The average Bonchev–Trinajstić information content (AvgIpc) is 2.33. The minimum absolute atomic E-state index is 0.0158. The fourth-order valence-corrected chi connectivity index (χ4v) is 1.79. The number of carbonyl (C=O) groups is 1. The Morgan fingerprint density at radius 1 is 1.37 bits per heavy atom. The summed E-state index contributed by atoms with van der Waals surface area (Å²) in [5, 5.41) is 3.39. The predicted molar refractivity (Wildman–Crippen MR) is 78.2 cm³/mol. The molecule has 1 N–H and O–H groups in total. The van der Waals surface area contributed by atoms with Crippen LogP contribution in [-0.4, -0.2) is 25.2 Å². The van der Waals surface area contributed by atoms with Gasteiger partial charge in [0.25, 0.3) is 0 Å². The lowest BCUT2D eigenvalue weighted by Gasteiger charge is -2.21. The third kappa shape index (κ3) is 6.07. The summed E-state index contributed by atoms with van der Waals surface area (Å²) in [4.78, 5) is 11.1. The van der Waals surface area contributed by atoms with Gasteiger partial charge < -0.3 is 14.8 Å². The quantitative estimate of drug-likeness (QED) is 0.844. The Morgan fingerprint density at radius 3 is 2.63 bits per heavy atom. The first-order valence-electron chi connectivity index (χ1n) is 6.05. The van der Waals surface area contributed by atoms with Crippen LogP contribution < -0.4 is 10.1 Å². The van der Waals surface area contributed by atoms with Crippen molar-refractivity contribution < 1.29 is 14.3 Å². The maximum Gasteiger partial charge on any atom is 0.343 e. The van der Waals surface area contributed by atoms with Crippen LogP contribution in [-0.2, 0) is 16.1 Å². The molecule has 0 aliphatic rings. The fourth-order valence-electron chi connectivity index (χ4n) is 1.38. The Morgan fingerprint density at radius 2 is 2.05 bits per heavy atom. The number of esters is 1. The molecule has 0 fully saturated rings. The van der Waals surface area contributed by atoms with Crippen molar-refractivity contribution in [2.24, 2.45) is 0 Å². The zero-order valence-corrected chi connectivity index (χ0v) is 13.3. The Kier molecular flexibility index (Phi) is 5.82. The summed E-state index contributed by atoms with van der Waals surface area (Å²) in [6.45, 7) is 6.87. The lowest BCUT2D eigenvalue weighted by Crippen LogP contribution is -2.35. The SMILES string of the molecule is COC(=O)COc1ccc(Br)cc1CNC(C)(C)C. The highest BCUT2D eigenvalue weighted by atomic mass is 79.9. The third-order valence-corrected chi connectivity index (χ3v) is 2.90. The van der Waals surface area contributed by atoms with Crippen LogP contribution in [0.3, 0.4) is 0 Å². The normalized spacial score (nSPS) is 11.2. The zero-order chi connectivity index (χ0) is 14.5. The number of halogens is 1. The number of benzene rings is 1. The standard InChI is InChI=1S/C14H20BrNO3/c1-14(2,3)16-8-10-7-11(15)5-6-12(10)19-9-13(17)18-4/h5-7,16H,8-9H2,1-4H3. The lowest BCUT2D eigenvalue weighted by atomic mass is 10.1. The minimum Gasteiger partial charge on any atom is -0.482 e. The Hall–Kier alpha value is -1.07. The van der Waals surface area contributed by atoms with E-state index in [1.807, 2.05) is 18.2 Å². The molecule has 106 valence electrons. The largest absolute Gasteiger partial charge is 0.482 e. The predicted octanol–water partition coefficient (Wildman–Crippen LogP) is 2.89. The molecule has 0 aromatic heterocycles. The molecule has 0 atom stereocenters. The van der Waals surface area contributed by atoms with Gasteiger partial charge in [0.2, 0.25) is 0 Å². The average molecular weight is 330 g/mol. The highest BCUT2D eigenvalue weighted by Crippen LogP contribution is 2.23. The number of hydrogen-bond donors (Lipinski definition) is 1. The Labute approximate surface area is 122 Å². The number of nitrogens with one attached hydrogen (secondary N) is 1. The van der Waals surface area contributed by atoms with Gasteiger partial charge in [0.05, 0.1) is 7.11 Å². The molecule has 0 unspecified atom stereocenters. The second-order valence-corrected chi connectivity index (χ2v) is 6.14. The summed E-state index contributed by atoms with van der Waals surface area (Å²) in [5.74, 6) is 0.294. The van der Waals surface area contributed by atoms with E-state index >= 15 is 0 Å². The van der Waals surface area contributed by atoms with Gasteiger partial charge in [-0.3, -0.25) is 0 Å². The van der Waals surface area contributed by atoms with Gasteiger partial charge in [0, 0.05) is 22.1 Å². The molecule has 0 aliphatic heterocycles. The van der Waals surface area contributed by atoms with E-state index < -0.39 is 5.97 Å².